The normalized spacial score (nSPS) is 12.3. The fourth-order valence-corrected chi connectivity index (χ4v) is 10.8. The first-order valence-corrected chi connectivity index (χ1v) is 22.1. The number of para-hydroxylation sites is 6. The van der Waals surface area contributed by atoms with Crippen molar-refractivity contribution in [1.29, 1.82) is 0 Å². The second-order valence-corrected chi connectivity index (χ2v) is 17.2. The molecule has 0 aliphatic rings. The van der Waals surface area contributed by atoms with Crippen LogP contribution < -0.4 is 0 Å². The Bertz CT molecular complexity index is 4210. The van der Waals surface area contributed by atoms with Crippen LogP contribution in [0.2, 0.25) is 0 Å². The lowest BCUT2D eigenvalue weighted by atomic mass is 10.0. The third-order valence-corrected chi connectivity index (χ3v) is 13.7. The molecule has 5 heterocycles. The molecule has 0 amide bonds. The molecule has 15 rings (SSSR count). The average molecular weight is 831 g/mol. The largest absolute Gasteiger partial charge is 0.456 e. The van der Waals surface area contributed by atoms with Gasteiger partial charge in [0.15, 0.2) is 0 Å². The smallest absolute Gasteiger partial charge is 0.143 e. The van der Waals surface area contributed by atoms with Gasteiger partial charge in [-0.2, -0.15) is 0 Å². The summed E-state index contributed by atoms with van der Waals surface area (Å²) < 4.78 is 24.3. The molecular weight excluding hydrogens is 797 g/mol. The Balaban J connectivity index is 0.881. The van der Waals surface area contributed by atoms with Gasteiger partial charge in [-0.3, -0.25) is 0 Å². The van der Waals surface area contributed by atoms with Gasteiger partial charge in [0, 0.05) is 76.4 Å². The van der Waals surface area contributed by atoms with Crippen LogP contribution >= 0.6 is 0 Å². The maximum absolute atomic E-state index is 6.55. The maximum atomic E-state index is 6.55. The molecule has 5 heteroatoms. The Morgan fingerprint density at radius 2 is 0.646 bits per heavy atom. The van der Waals surface area contributed by atoms with Crippen LogP contribution in [-0.2, 0) is 0 Å². The van der Waals surface area contributed by atoms with Crippen LogP contribution in [0.5, 0.6) is 0 Å². The third-order valence-electron chi connectivity index (χ3n) is 13.7. The Morgan fingerprint density at radius 3 is 1.14 bits per heavy atom. The van der Waals surface area contributed by atoms with Gasteiger partial charge in [0.2, 0.25) is 0 Å². The molecule has 0 aliphatic carbocycles. The summed E-state index contributed by atoms with van der Waals surface area (Å²) in [5, 5.41) is 11.4. The highest BCUT2D eigenvalue weighted by Crippen LogP contribution is 2.43. The van der Waals surface area contributed by atoms with Gasteiger partial charge >= 0.3 is 0 Å². The average Bonchev–Trinajstić information content (AvgIpc) is 4.18. The topological polar surface area (TPSA) is 49.3 Å². The number of rotatable bonds is 4. The van der Waals surface area contributed by atoms with E-state index in [1.807, 2.05) is 24.3 Å². The quantitative estimate of drug-likeness (QED) is 0.177. The van der Waals surface area contributed by atoms with E-state index < -0.39 is 0 Å². The van der Waals surface area contributed by atoms with E-state index in [2.05, 4.69) is 191 Å². The minimum Gasteiger partial charge on any atom is -0.456 e. The predicted octanol–water partition coefficient (Wildman–Crippen LogP) is 16.9. The van der Waals surface area contributed by atoms with E-state index in [0.717, 1.165) is 122 Å². The van der Waals surface area contributed by atoms with Crippen molar-refractivity contribution in [2.45, 2.75) is 0 Å². The molecule has 0 unspecified atom stereocenters. The zero-order valence-electron chi connectivity index (χ0n) is 34.7. The van der Waals surface area contributed by atoms with Gasteiger partial charge in [-0.1, -0.05) is 121 Å². The third kappa shape index (κ3) is 4.87. The number of nitrogens with zero attached hydrogens (tertiary/aromatic N) is 2. The van der Waals surface area contributed by atoms with Crippen molar-refractivity contribution in [3.05, 3.63) is 206 Å². The van der Waals surface area contributed by atoms with Crippen molar-refractivity contribution in [2.24, 2.45) is 0 Å². The first-order chi connectivity index (χ1) is 32.2. The summed E-state index contributed by atoms with van der Waals surface area (Å²) in [6.07, 6.45) is 0. The molecule has 0 bridgehead atoms. The molecule has 302 valence electrons. The van der Waals surface area contributed by atoms with Crippen molar-refractivity contribution in [1.82, 2.24) is 9.13 Å². The Kier molecular flexibility index (Phi) is 6.89. The molecule has 5 nitrogen and oxygen atoms in total. The lowest BCUT2D eigenvalue weighted by Gasteiger charge is -2.10. The summed E-state index contributed by atoms with van der Waals surface area (Å²) in [5.74, 6) is 0. The summed E-state index contributed by atoms with van der Waals surface area (Å²) in [7, 11) is 0. The van der Waals surface area contributed by atoms with E-state index in [1.54, 1.807) is 0 Å². The zero-order chi connectivity index (χ0) is 42.3. The predicted molar refractivity (Wildman–Crippen MR) is 268 cm³/mol. The van der Waals surface area contributed by atoms with E-state index >= 15 is 0 Å². The fraction of sp³-hybridized carbons (Fsp3) is 0. The molecule has 0 saturated carbocycles. The van der Waals surface area contributed by atoms with Gasteiger partial charge in [-0.05, 0) is 96.1 Å². The van der Waals surface area contributed by atoms with E-state index in [4.69, 9.17) is 13.3 Å². The molecular formula is C60H34N2O3. The highest BCUT2D eigenvalue weighted by Gasteiger charge is 2.20. The van der Waals surface area contributed by atoms with E-state index in [0.29, 0.717) is 0 Å². The molecule has 5 aromatic heterocycles. The van der Waals surface area contributed by atoms with Gasteiger partial charge in [-0.25, -0.2) is 0 Å². The van der Waals surface area contributed by atoms with Crippen molar-refractivity contribution >= 4 is 109 Å². The highest BCUT2D eigenvalue weighted by molar-refractivity contribution is 6.16. The minimum atomic E-state index is 0.856. The van der Waals surface area contributed by atoms with Crippen molar-refractivity contribution < 1.29 is 13.3 Å². The van der Waals surface area contributed by atoms with Gasteiger partial charge in [0.25, 0.3) is 0 Å². The molecule has 0 spiro atoms. The highest BCUT2D eigenvalue weighted by atomic mass is 16.3. The second-order valence-electron chi connectivity index (χ2n) is 17.2. The number of furan rings is 3. The summed E-state index contributed by atoms with van der Waals surface area (Å²) in [5.41, 5.74) is 16.5. The van der Waals surface area contributed by atoms with Crippen LogP contribution in [0.25, 0.3) is 143 Å². The molecule has 15 aromatic rings. The molecule has 65 heavy (non-hydrogen) atoms. The molecule has 0 saturated heterocycles. The van der Waals surface area contributed by atoms with Crippen LogP contribution in [0, 0.1) is 0 Å². The summed E-state index contributed by atoms with van der Waals surface area (Å²) in [4.78, 5) is 0. The van der Waals surface area contributed by atoms with Crippen LogP contribution in [0.1, 0.15) is 0 Å². The Hall–Kier alpha value is -8.80. The minimum absolute atomic E-state index is 0.856. The molecule has 0 radical (unpaired) electrons. The lowest BCUT2D eigenvalue weighted by Crippen LogP contribution is -1.94. The molecule has 0 aliphatic heterocycles. The Labute approximate surface area is 370 Å². The number of hydrogen-bond acceptors (Lipinski definition) is 3. The second kappa shape index (κ2) is 12.9. The summed E-state index contributed by atoms with van der Waals surface area (Å²) >= 11 is 0. The monoisotopic (exact) mass is 830 g/mol. The van der Waals surface area contributed by atoms with Gasteiger partial charge < -0.3 is 22.4 Å². The first kappa shape index (κ1) is 34.7. The number of benzene rings is 10. The number of aromatic nitrogens is 2. The molecule has 10 aromatic carbocycles. The van der Waals surface area contributed by atoms with E-state index in [-0.39, 0.29) is 0 Å². The molecule has 0 fully saturated rings. The number of hydrogen-bond donors (Lipinski definition) is 0. The summed E-state index contributed by atoms with van der Waals surface area (Å²) in [6.45, 7) is 0. The van der Waals surface area contributed by atoms with Crippen molar-refractivity contribution in [3.8, 4) is 33.6 Å². The molecule has 0 atom stereocenters. The van der Waals surface area contributed by atoms with Crippen molar-refractivity contribution in [3.63, 3.8) is 0 Å². The first-order valence-electron chi connectivity index (χ1n) is 22.1. The van der Waals surface area contributed by atoms with Crippen molar-refractivity contribution in [2.75, 3.05) is 0 Å². The lowest BCUT2D eigenvalue weighted by molar-refractivity contribution is 0.668. The zero-order valence-corrected chi connectivity index (χ0v) is 34.7. The van der Waals surface area contributed by atoms with Crippen LogP contribution in [-0.4, -0.2) is 9.13 Å². The van der Waals surface area contributed by atoms with Gasteiger partial charge in [0.1, 0.15) is 33.5 Å². The van der Waals surface area contributed by atoms with Gasteiger partial charge in [-0.15, -0.1) is 0 Å². The Morgan fingerprint density at radius 1 is 0.246 bits per heavy atom. The van der Waals surface area contributed by atoms with Crippen LogP contribution in [0.15, 0.2) is 220 Å². The van der Waals surface area contributed by atoms with E-state index in [1.165, 1.54) is 21.5 Å². The SMILES string of the molecule is c1ccc2c(c1)oc1c(-c3ccc4c(c3)c3ccccc3n4-c3ccc4oc5ccc(-n6c7ccccc7c7cc(-c8cccc9c8oc8ccccc89)ccc76)cc5c4c3)cccc12. The maximum Gasteiger partial charge on any atom is 0.143 e. The molecule has 0 N–H and O–H groups in total. The van der Waals surface area contributed by atoms with Crippen LogP contribution in [0.3, 0.4) is 0 Å². The standard InChI is InChI=1S/C60H34N2O3/c1-5-19-51-41(11-1)47-31-35(39-15-9-17-45-43-13-3-7-21-55(43)64-59(39)45)23-27-53(47)61(51)37-25-29-57-49(33-37)50-34-38(26-30-58(50)63-57)62-52-20-6-2-12-42(52)48-32-36(24-28-54(48)62)40-16-10-18-46-44-14-4-8-22-56(44)65-60(40)46/h1-34H. The fourth-order valence-electron chi connectivity index (χ4n) is 10.8. The number of fused-ring (bicyclic) bond motifs is 15. The van der Waals surface area contributed by atoms with Gasteiger partial charge in [0.05, 0.1) is 22.1 Å². The van der Waals surface area contributed by atoms with E-state index in [9.17, 15) is 0 Å². The van der Waals surface area contributed by atoms with Crippen LogP contribution in [0.4, 0.5) is 0 Å². The summed E-state index contributed by atoms with van der Waals surface area (Å²) in [6, 6.07) is 73.6.